The fourth-order valence-electron chi connectivity index (χ4n) is 1.18. The van der Waals surface area contributed by atoms with E-state index >= 15 is 0 Å². The predicted octanol–water partition coefficient (Wildman–Crippen LogP) is 2.96. The average Bonchev–Trinajstić information content (AvgIpc) is 2.21. The first-order valence-electron chi connectivity index (χ1n) is 4.75. The molecular weight excluding hydrogens is 196 g/mol. The SMILES string of the molecule is C=CC(NCCC)c1ccc(Cl)cn1. The summed E-state index contributed by atoms with van der Waals surface area (Å²) >= 11 is 5.76. The minimum absolute atomic E-state index is 0.118. The van der Waals surface area contributed by atoms with Crippen molar-refractivity contribution >= 4 is 11.6 Å². The number of aromatic nitrogens is 1. The molecule has 1 N–H and O–H groups in total. The number of halogens is 1. The molecule has 1 aromatic rings. The first kappa shape index (κ1) is 11.2. The Kier molecular flexibility index (Phi) is 4.63. The van der Waals surface area contributed by atoms with E-state index in [1.165, 1.54) is 0 Å². The van der Waals surface area contributed by atoms with Crippen LogP contribution in [0.3, 0.4) is 0 Å². The molecule has 3 heteroatoms. The van der Waals surface area contributed by atoms with E-state index in [4.69, 9.17) is 11.6 Å². The highest BCUT2D eigenvalue weighted by Gasteiger charge is 2.06. The van der Waals surface area contributed by atoms with Crippen molar-refractivity contribution in [1.29, 1.82) is 0 Å². The van der Waals surface area contributed by atoms with Gasteiger partial charge in [-0.2, -0.15) is 0 Å². The Morgan fingerprint density at radius 1 is 1.64 bits per heavy atom. The highest BCUT2D eigenvalue weighted by molar-refractivity contribution is 6.30. The molecule has 0 amide bonds. The molecule has 0 saturated carbocycles. The standard InChI is InChI=1S/C11H15ClN2/c1-3-7-13-10(4-2)11-6-5-9(12)8-14-11/h4-6,8,10,13H,2-3,7H2,1H3. The van der Waals surface area contributed by atoms with Crippen LogP contribution in [0.25, 0.3) is 0 Å². The van der Waals surface area contributed by atoms with Crippen molar-refractivity contribution < 1.29 is 0 Å². The Bertz CT molecular complexity index is 282. The van der Waals surface area contributed by atoms with Crippen molar-refractivity contribution in [3.8, 4) is 0 Å². The molecule has 0 saturated heterocycles. The molecule has 1 aromatic heterocycles. The summed E-state index contributed by atoms with van der Waals surface area (Å²) in [5, 5.41) is 3.99. The van der Waals surface area contributed by atoms with Crippen molar-refractivity contribution in [3.63, 3.8) is 0 Å². The van der Waals surface area contributed by atoms with Gasteiger partial charge in [0, 0.05) is 6.20 Å². The van der Waals surface area contributed by atoms with Crippen LogP contribution in [0, 0.1) is 0 Å². The van der Waals surface area contributed by atoms with Crippen LogP contribution in [-0.4, -0.2) is 11.5 Å². The molecule has 0 aliphatic rings. The van der Waals surface area contributed by atoms with Gasteiger partial charge in [-0.25, -0.2) is 0 Å². The quantitative estimate of drug-likeness (QED) is 0.756. The van der Waals surface area contributed by atoms with Crippen LogP contribution >= 0.6 is 11.6 Å². The van der Waals surface area contributed by atoms with E-state index in [9.17, 15) is 0 Å². The maximum Gasteiger partial charge on any atom is 0.0678 e. The number of pyridine rings is 1. The zero-order chi connectivity index (χ0) is 10.4. The van der Waals surface area contributed by atoms with E-state index in [1.807, 2.05) is 18.2 Å². The molecule has 0 spiro atoms. The van der Waals surface area contributed by atoms with Gasteiger partial charge in [-0.05, 0) is 25.1 Å². The average molecular weight is 211 g/mol. The molecule has 0 bridgehead atoms. The smallest absolute Gasteiger partial charge is 0.0678 e. The Hall–Kier alpha value is -0.860. The molecule has 0 aliphatic heterocycles. The van der Waals surface area contributed by atoms with Crippen LogP contribution in [0.4, 0.5) is 0 Å². The highest BCUT2D eigenvalue weighted by Crippen LogP contribution is 2.13. The monoisotopic (exact) mass is 210 g/mol. The number of hydrogen-bond donors (Lipinski definition) is 1. The van der Waals surface area contributed by atoms with Crippen LogP contribution in [0.1, 0.15) is 25.1 Å². The zero-order valence-corrected chi connectivity index (χ0v) is 9.09. The molecule has 1 rings (SSSR count). The number of rotatable bonds is 5. The summed E-state index contributed by atoms with van der Waals surface area (Å²) in [5.74, 6) is 0. The molecular formula is C11H15ClN2. The van der Waals surface area contributed by atoms with Crippen molar-refractivity contribution in [3.05, 3.63) is 41.7 Å². The van der Waals surface area contributed by atoms with Gasteiger partial charge in [-0.3, -0.25) is 4.98 Å². The van der Waals surface area contributed by atoms with Crippen LogP contribution < -0.4 is 5.32 Å². The molecule has 76 valence electrons. The summed E-state index contributed by atoms with van der Waals surface area (Å²) in [5.41, 5.74) is 0.956. The largest absolute Gasteiger partial charge is 0.305 e. The van der Waals surface area contributed by atoms with Crippen LogP contribution in [-0.2, 0) is 0 Å². The van der Waals surface area contributed by atoms with Crippen molar-refractivity contribution in [1.82, 2.24) is 10.3 Å². The molecule has 0 fully saturated rings. The van der Waals surface area contributed by atoms with Gasteiger partial charge >= 0.3 is 0 Å². The van der Waals surface area contributed by atoms with E-state index < -0.39 is 0 Å². The lowest BCUT2D eigenvalue weighted by atomic mass is 10.2. The summed E-state index contributed by atoms with van der Waals surface area (Å²) in [7, 11) is 0. The Morgan fingerprint density at radius 3 is 2.93 bits per heavy atom. The van der Waals surface area contributed by atoms with Crippen LogP contribution in [0.2, 0.25) is 5.02 Å². The van der Waals surface area contributed by atoms with E-state index in [0.717, 1.165) is 18.7 Å². The second-order valence-electron chi connectivity index (χ2n) is 3.07. The lowest BCUT2D eigenvalue weighted by Crippen LogP contribution is -2.20. The summed E-state index contributed by atoms with van der Waals surface area (Å²) in [6.45, 7) is 6.86. The summed E-state index contributed by atoms with van der Waals surface area (Å²) in [4.78, 5) is 4.24. The van der Waals surface area contributed by atoms with Crippen LogP contribution in [0.15, 0.2) is 31.0 Å². The lowest BCUT2D eigenvalue weighted by Gasteiger charge is -2.13. The van der Waals surface area contributed by atoms with Gasteiger partial charge in [0.15, 0.2) is 0 Å². The number of nitrogens with one attached hydrogen (secondary N) is 1. The molecule has 1 heterocycles. The van der Waals surface area contributed by atoms with Gasteiger partial charge in [0.25, 0.3) is 0 Å². The third kappa shape index (κ3) is 3.13. The first-order valence-corrected chi connectivity index (χ1v) is 5.13. The zero-order valence-electron chi connectivity index (χ0n) is 8.33. The molecule has 0 aromatic carbocycles. The van der Waals surface area contributed by atoms with E-state index in [1.54, 1.807) is 6.20 Å². The molecule has 1 unspecified atom stereocenters. The topological polar surface area (TPSA) is 24.9 Å². The minimum Gasteiger partial charge on any atom is -0.305 e. The third-order valence-corrected chi connectivity index (χ3v) is 2.14. The van der Waals surface area contributed by atoms with Crippen molar-refractivity contribution in [2.75, 3.05) is 6.54 Å². The maximum atomic E-state index is 5.76. The summed E-state index contributed by atoms with van der Waals surface area (Å²) < 4.78 is 0. The molecule has 1 atom stereocenters. The van der Waals surface area contributed by atoms with Crippen LogP contribution in [0.5, 0.6) is 0 Å². The number of nitrogens with zero attached hydrogens (tertiary/aromatic N) is 1. The van der Waals surface area contributed by atoms with E-state index in [0.29, 0.717) is 5.02 Å². The summed E-state index contributed by atoms with van der Waals surface area (Å²) in [6, 6.07) is 3.87. The Balaban J connectivity index is 2.68. The fraction of sp³-hybridized carbons (Fsp3) is 0.364. The second-order valence-corrected chi connectivity index (χ2v) is 3.51. The van der Waals surface area contributed by atoms with E-state index in [-0.39, 0.29) is 6.04 Å². The van der Waals surface area contributed by atoms with Gasteiger partial charge in [0.05, 0.1) is 16.8 Å². The van der Waals surface area contributed by atoms with E-state index in [2.05, 4.69) is 23.8 Å². The van der Waals surface area contributed by atoms with Crippen molar-refractivity contribution in [2.45, 2.75) is 19.4 Å². The Labute approximate surface area is 90.0 Å². The second kappa shape index (κ2) is 5.78. The maximum absolute atomic E-state index is 5.76. The third-order valence-electron chi connectivity index (χ3n) is 1.92. The Morgan fingerprint density at radius 2 is 2.43 bits per heavy atom. The summed E-state index contributed by atoms with van der Waals surface area (Å²) in [6.07, 6.45) is 4.60. The fourth-order valence-corrected chi connectivity index (χ4v) is 1.29. The molecule has 14 heavy (non-hydrogen) atoms. The van der Waals surface area contributed by atoms with Gasteiger partial charge < -0.3 is 5.32 Å². The highest BCUT2D eigenvalue weighted by atomic mass is 35.5. The van der Waals surface area contributed by atoms with Gasteiger partial charge in [-0.15, -0.1) is 6.58 Å². The molecule has 0 aliphatic carbocycles. The number of hydrogen-bond acceptors (Lipinski definition) is 2. The molecule has 2 nitrogen and oxygen atoms in total. The normalized spacial score (nSPS) is 12.4. The molecule has 0 radical (unpaired) electrons. The van der Waals surface area contributed by atoms with Crippen molar-refractivity contribution in [2.24, 2.45) is 0 Å². The predicted molar refractivity (Wildman–Crippen MR) is 60.5 cm³/mol. The lowest BCUT2D eigenvalue weighted by molar-refractivity contribution is 0.601. The van der Waals surface area contributed by atoms with Gasteiger partial charge in [-0.1, -0.05) is 24.6 Å². The minimum atomic E-state index is 0.118. The first-order chi connectivity index (χ1) is 6.77. The van der Waals surface area contributed by atoms with Gasteiger partial charge in [0.2, 0.25) is 0 Å². The van der Waals surface area contributed by atoms with Gasteiger partial charge in [0.1, 0.15) is 0 Å².